The molecule has 1 aliphatic carbocycles. The number of rotatable bonds is 1. The van der Waals surface area contributed by atoms with Gasteiger partial charge < -0.3 is 24.8 Å². The Bertz CT molecular complexity index is 878. The van der Waals surface area contributed by atoms with Crippen molar-refractivity contribution in [3.05, 3.63) is 71.8 Å². The zero-order valence-corrected chi connectivity index (χ0v) is 19.7. The van der Waals surface area contributed by atoms with Gasteiger partial charge in [0, 0.05) is 9.52 Å². The third kappa shape index (κ3) is 5.23. The summed E-state index contributed by atoms with van der Waals surface area (Å²) in [5.41, 5.74) is 4.17. The number of benzene rings is 2. The molecule has 0 saturated heterocycles. The van der Waals surface area contributed by atoms with E-state index in [2.05, 4.69) is 80.7 Å². The number of hydrogen-bond acceptors (Lipinski definition) is 0. The van der Waals surface area contributed by atoms with E-state index in [-0.39, 0.29) is 51.0 Å². The zero-order chi connectivity index (χ0) is 15.5. The molecule has 0 amide bonds. The van der Waals surface area contributed by atoms with Crippen LogP contribution in [0.3, 0.4) is 0 Å². The van der Waals surface area contributed by atoms with Crippen molar-refractivity contribution in [2.75, 3.05) is 0 Å². The summed E-state index contributed by atoms with van der Waals surface area (Å²) in [4.78, 5) is 0. The van der Waals surface area contributed by atoms with E-state index in [0.29, 0.717) is 0 Å². The summed E-state index contributed by atoms with van der Waals surface area (Å²) in [7, 11) is 1.08. The van der Waals surface area contributed by atoms with E-state index in [4.69, 9.17) is 0 Å². The first kappa shape index (κ1) is 24.5. The molecule has 0 heterocycles. The van der Waals surface area contributed by atoms with Crippen molar-refractivity contribution in [1.29, 1.82) is 0 Å². The first-order chi connectivity index (χ1) is 10.7. The summed E-state index contributed by atoms with van der Waals surface area (Å²) in [6.07, 6.45) is 7.68. The second kappa shape index (κ2) is 11.2. The number of hydrogen-bond donors (Lipinski definition) is 0. The molecule has 4 rings (SSSR count). The third-order valence-corrected chi connectivity index (χ3v) is 3.99. The Morgan fingerprint density at radius 1 is 1.00 bits per heavy atom. The van der Waals surface area contributed by atoms with Gasteiger partial charge in [-0.1, -0.05) is 78.4 Å². The van der Waals surface area contributed by atoms with Crippen molar-refractivity contribution < 1.29 is 51.0 Å². The van der Waals surface area contributed by atoms with Crippen molar-refractivity contribution in [3.63, 3.8) is 0 Å². The van der Waals surface area contributed by atoms with Crippen LogP contribution in [0.25, 0.3) is 27.1 Å². The summed E-state index contributed by atoms with van der Waals surface area (Å²) in [5, 5.41) is 5.49. The number of aryl methyl sites for hydroxylation is 1. The maximum Gasteiger partial charge on any atom is 3.00 e. The molecule has 25 heavy (non-hydrogen) atoms. The van der Waals surface area contributed by atoms with Gasteiger partial charge in [-0.25, -0.2) is 0 Å². The van der Waals surface area contributed by atoms with Crippen LogP contribution in [0.5, 0.6) is 0 Å². The summed E-state index contributed by atoms with van der Waals surface area (Å²) in [6.45, 7) is 6.49. The number of allylic oxidation sites excluding steroid dienone is 4. The van der Waals surface area contributed by atoms with Crippen LogP contribution >= 0.6 is 0 Å². The number of halogens is 2. The van der Waals surface area contributed by atoms with E-state index < -0.39 is 0 Å². The summed E-state index contributed by atoms with van der Waals surface area (Å²) < 4.78 is 0. The minimum atomic E-state index is 0. The van der Waals surface area contributed by atoms with Gasteiger partial charge in [0.1, 0.15) is 0 Å². The fourth-order valence-corrected chi connectivity index (χ4v) is 3.11. The van der Waals surface area contributed by atoms with E-state index in [0.717, 1.165) is 15.9 Å². The Morgan fingerprint density at radius 2 is 1.68 bits per heavy atom. The van der Waals surface area contributed by atoms with Crippen molar-refractivity contribution in [3.8, 4) is 0 Å². The monoisotopic (exact) mass is 461 g/mol. The average molecular weight is 464 g/mol. The molecule has 1 aliphatic rings. The Balaban J connectivity index is 0.000000902. The van der Waals surface area contributed by atoms with Gasteiger partial charge in [-0.05, 0) is 13.3 Å². The minimum absolute atomic E-state index is 0. The van der Waals surface area contributed by atoms with E-state index >= 15 is 0 Å². The summed E-state index contributed by atoms with van der Waals surface area (Å²) in [5.74, 6) is 0. The van der Waals surface area contributed by atoms with Crippen molar-refractivity contribution >= 4 is 36.6 Å². The van der Waals surface area contributed by atoms with E-state index in [9.17, 15) is 0 Å². The molecular weight excluding hydrogens is 442 g/mol. The molecule has 0 spiro atoms. The maximum atomic E-state index is 2.33. The van der Waals surface area contributed by atoms with Crippen LogP contribution in [0.2, 0.25) is 13.1 Å². The molecular formula is C21H21Cl2SiZr. The quantitative estimate of drug-likeness (QED) is 0.356. The molecule has 0 aliphatic heterocycles. The van der Waals surface area contributed by atoms with Crippen LogP contribution in [-0.4, -0.2) is 9.52 Å². The van der Waals surface area contributed by atoms with Crippen molar-refractivity contribution in [1.82, 2.24) is 0 Å². The van der Waals surface area contributed by atoms with Crippen LogP contribution in [0.1, 0.15) is 17.5 Å². The Hall–Kier alpha value is -0.530. The standard InChI is InChI=1S/C19H15.C2H6Si.2ClH.Zr/c1-13-10-17(14-6-2-3-7-14)19-12-15-8-4-5-9-16(15)18(19)11-13;1-3-2;;;/h2-6,8-12H,7H2,1H3;1-2H3;2*1H;/q-1;;;;+3/p-2. The van der Waals surface area contributed by atoms with Gasteiger partial charge in [0.25, 0.3) is 0 Å². The largest absolute Gasteiger partial charge is 3.00 e. The average Bonchev–Trinajstić information content (AvgIpc) is 3.15. The Labute approximate surface area is 184 Å². The molecule has 4 heteroatoms. The van der Waals surface area contributed by atoms with Crippen molar-refractivity contribution in [2.24, 2.45) is 0 Å². The second-order valence-corrected chi connectivity index (χ2v) is 6.83. The van der Waals surface area contributed by atoms with Crippen LogP contribution in [0, 0.1) is 6.92 Å². The van der Waals surface area contributed by atoms with Crippen LogP contribution in [0.4, 0.5) is 0 Å². The molecule has 0 N–H and O–H groups in total. The van der Waals surface area contributed by atoms with Gasteiger partial charge in [-0.15, -0.1) is 33.7 Å². The van der Waals surface area contributed by atoms with Gasteiger partial charge in [0.2, 0.25) is 0 Å². The molecule has 0 saturated carbocycles. The van der Waals surface area contributed by atoms with Gasteiger partial charge in [-0.3, -0.25) is 0 Å². The molecule has 127 valence electrons. The van der Waals surface area contributed by atoms with E-state index in [1.165, 1.54) is 38.2 Å². The van der Waals surface area contributed by atoms with Gasteiger partial charge in [0.15, 0.2) is 0 Å². The van der Waals surface area contributed by atoms with Gasteiger partial charge >= 0.3 is 26.2 Å². The zero-order valence-electron chi connectivity index (χ0n) is 14.7. The Morgan fingerprint density at radius 3 is 2.32 bits per heavy atom. The molecule has 0 aromatic heterocycles. The first-order valence-corrected chi connectivity index (χ1v) is 9.78. The predicted octanol–water partition coefficient (Wildman–Crippen LogP) is 0.156. The summed E-state index contributed by atoms with van der Waals surface area (Å²) >= 11 is 0. The minimum Gasteiger partial charge on any atom is -1.00 e. The second-order valence-electron chi connectivity index (χ2n) is 5.83. The fraction of sp³-hybridized carbons (Fsp3) is 0.190. The van der Waals surface area contributed by atoms with E-state index in [1.807, 2.05) is 0 Å². The van der Waals surface area contributed by atoms with Crippen LogP contribution < -0.4 is 24.8 Å². The molecule has 3 aromatic rings. The van der Waals surface area contributed by atoms with Crippen LogP contribution in [0.15, 0.2) is 60.7 Å². The Kier molecular flexibility index (Phi) is 11.0. The SMILES string of the molecule is C[Si]C.Cc1cc(C2=CC=CC2)c2[cH-]c3ccccc3c2c1.[Cl-].[Cl-].[Zr+3]. The van der Waals surface area contributed by atoms with Crippen LogP contribution in [-0.2, 0) is 26.2 Å². The third-order valence-electron chi connectivity index (χ3n) is 3.99. The molecule has 0 bridgehead atoms. The molecule has 3 radical (unpaired) electrons. The van der Waals surface area contributed by atoms with Gasteiger partial charge in [-0.2, -0.15) is 0 Å². The molecule has 0 nitrogen and oxygen atoms in total. The first-order valence-electron chi connectivity index (χ1n) is 7.78. The normalized spacial score (nSPS) is 11.7. The van der Waals surface area contributed by atoms with Gasteiger partial charge in [0.05, 0.1) is 0 Å². The smallest absolute Gasteiger partial charge is 1.00 e. The molecule has 3 aromatic carbocycles. The van der Waals surface area contributed by atoms with E-state index in [1.54, 1.807) is 0 Å². The number of fused-ring (bicyclic) bond motifs is 3. The van der Waals surface area contributed by atoms with Crippen molar-refractivity contribution in [2.45, 2.75) is 26.4 Å². The topological polar surface area (TPSA) is 0 Å². The fourth-order valence-electron chi connectivity index (χ4n) is 3.11. The molecule has 0 atom stereocenters. The maximum absolute atomic E-state index is 2.33. The molecule has 0 fully saturated rings. The summed E-state index contributed by atoms with van der Waals surface area (Å²) in [6, 6.07) is 15.6. The predicted molar refractivity (Wildman–Crippen MR) is 101 cm³/mol. The molecule has 0 unspecified atom stereocenters.